The molecule has 0 aliphatic heterocycles. The molecule has 5 nitrogen and oxygen atoms in total. The Balaban J connectivity index is 2.66. The van der Waals surface area contributed by atoms with Crippen LogP contribution in [0.2, 0.25) is 0 Å². The number of fused-ring (bicyclic) bond motifs is 1. The van der Waals surface area contributed by atoms with Crippen LogP contribution in [0.3, 0.4) is 0 Å². The molecule has 6 heteroatoms. The Hall–Kier alpha value is -1.37. The van der Waals surface area contributed by atoms with Crippen LogP contribution in [0.5, 0.6) is 0 Å². The van der Waals surface area contributed by atoms with E-state index in [1.54, 1.807) is 18.2 Å². The molecule has 0 aliphatic carbocycles. The number of aliphatic carboxylic acids is 1. The normalized spacial score (nSPS) is 11.3. The van der Waals surface area contributed by atoms with Crippen LogP contribution in [-0.4, -0.2) is 25.9 Å². The minimum atomic E-state index is -1.62. The summed E-state index contributed by atoms with van der Waals surface area (Å²) in [4.78, 5) is 10.7. The van der Waals surface area contributed by atoms with Crippen molar-refractivity contribution < 1.29 is 20.1 Å². The van der Waals surface area contributed by atoms with Crippen LogP contribution >= 0.6 is 15.9 Å². The van der Waals surface area contributed by atoms with Crippen molar-refractivity contribution in [1.82, 2.24) is 4.57 Å². The second kappa shape index (κ2) is 4.48. The molecule has 2 aromatic rings. The van der Waals surface area contributed by atoms with Gasteiger partial charge in [-0.1, -0.05) is 15.9 Å². The minimum absolute atomic E-state index is 0.217. The maximum Gasteiger partial charge on any atom is 0.323 e. The van der Waals surface area contributed by atoms with Crippen molar-refractivity contribution >= 4 is 32.8 Å². The van der Waals surface area contributed by atoms with Crippen molar-refractivity contribution in [3.63, 3.8) is 0 Å². The number of benzene rings is 1. The molecule has 0 atom stereocenters. The summed E-state index contributed by atoms with van der Waals surface area (Å²) in [7, 11) is 0. The highest BCUT2D eigenvalue weighted by molar-refractivity contribution is 9.10. The Kier molecular flexibility index (Phi) is 3.19. The van der Waals surface area contributed by atoms with Crippen molar-refractivity contribution in [1.29, 1.82) is 0 Å². The van der Waals surface area contributed by atoms with E-state index in [1.165, 1.54) is 10.8 Å². The molecule has 0 bridgehead atoms. The number of aliphatic hydroxyl groups is 2. The quantitative estimate of drug-likeness (QED) is 0.750. The molecule has 0 spiro atoms. The lowest BCUT2D eigenvalue weighted by Crippen LogP contribution is -2.07. The fraction of sp³-hybridized carbons (Fsp3) is 0.182. The molecule has 90 valence electrons. The summed E-state index contributed by atoms with van der Waals surface area (Å²) in [5.74, 6) is -0.983. The molecule has 1 aromatic carbocycles. The summed E-state index contributed by atoms with van der Waals surface area (Å²) in [6.07, 6.45) is -0.183. The first-order chi connectivity index (χ1) is 7.99. The van der Waals surface area contributed by atoms with Crippen LogP contribution in [0.1, 0.15) is 11.9 Å². The Bertz CT molecular complexity index is 576. The van der Waals surface area contributed by atoms with E-state index in [1.807, 2.05) is 0 Å². The van der Waals surface area contributed by atoms with Gasteiger partial charge >= 0.3 is 5.97 Å². The minimum Gasteiger partial charge on any atom is -0.480 e. The van der Waals surface area contributed by atoms with Crippen molar-refractivity contribution in [2.45, 2.75) is 12.8 Å². The van der Waals surface area contributed by atoms with Gasteiger partial charge in [0.15, 0.2) is 6.29 Å². The number of aromatic nitrogens is 1. The van der Waals surface area contributed by atoms with Gasteiger partial charge in [0.25, 0.3) is 0 Å². The molecule has 0 unspecified atom stereocenters. The van der Waals surface area contributed by atoms with Gasteiger partial charge in [0.2, 0.25) is 0 Å². The smallest absolute Gasteiger partial charge is 0.323 e. The summed E-state index contributed by atoms with van der Waals surface area (Å²) < 4.78 is 2.26. The van der Waals surface area contributed by atoms with Gasteiger partial charge in [-0.05, 0) is 18.2 Å². The molecule has 0 fully saturated rings. The van der Waals surface area contributed by atoms with Crippen LogP contribution < -0.4 is 0 Å². The monoisotopic (exact) mass is 299 g/mol. The number of hydrogen-bond acceptors (Lipinski definition) is 3. The molecule has 1 aromatic heterocycles. The lowest BCUT2D eigenvalue weighted by Gasteiger charge is -2.01. The van der Waals surface area contributed by atoms with Crippen LogP contribution in [0.25, 0.3) is 10.9 Å². The number of halogens is 1. The maximum absolute atomic E-state index is 10.7. The Labute approximate surface area is 105 Å². The Morgan fingerprint density at radius 3 is 2.71 bits per heavy atom. The molecule has 0 aliphatic rings. The average molecular weight is 300 g/mol. The summed E-state index contributed by atoms with van der Waals surface area (Å²) >= 11 is 3.29. The number of hydrogen-bond donors (Lipinski definition) is 3. The van der Waals surface area contributed by atoms with Gasteiger partial charge in [-0.2, -0.15) is 0 Å². The van der Waals surface area contributed by atoms with Crippen molar-refractivity contribution in [2.24, 2.45) is 0 Å². The number of carboxylic acid groups (broad SMARTS) is 1. The fourth-order valence-electron chi connectivity index (χ4n) is 1.78. The predicted molar refractivity (Wildman–Crippen MR) is 64.5 cm³/mol. The SMILES string of the molecule is O=C(O)Cn1cc(C(O)O)c2cc(Br)ccc21. The van der Waals surface area contributed by atoms with Gasteiger partial charge in [-0.25, -0.2) is 0 Å². The lowest BCUT2D eigenvalue weighted by atomic mass is 10.2. The van der Waals surface area contributed by atoms with E-state index in [-0.39, 0.29) is 6.54 Å². The third kappa shape index (κ3) is 2.33. The highest BCUT2D eigenvalue weighted by Gasteiger charge is 2.15. The average Bonchev–Trinajstić information content (AvgIpc) is 2.55. The molecule has 2 rings (SSSR count). The van der Waals surface area contributed by atoms with E-state index in [2.05, 4.69) is 15.9 Å². The third-order valence-corrected chi connectivity index (χ3v) is 2.95. The van der Waals surface area contributed by atoms with Crippen LogP contribution in [0.15, 0.2) is 28.9 Å². The van der Waals surface area contributed by atoms with E-state index in [0.29, 0.717) is 16.5 Å². The van der Waals surface area contributed by atoms with Gasteiger partial charge in [0.1, 0.15) is 6.54 Å². The second-order valence-electron chi connectivity index (χ2n) is 3.64. The summed E-state index contributed by atoms with van der Waals surface area (Å²) in [5.41, 5.74) is 0.946. The highest BCUT2D eigenvalue weighted by Crippen LogP contribution is 2.28. The van der Waals surface area contributed by atoms with Crippen molar-refractivity contribution in [2.75, 3.05) is 0 Å². The number of carbonyl (C=O) groups is 1. The van der Waals surface area contributed by atoms with E-state index in [9.17, 15) is 15.0 Å². The molecular weight excluding hydrogens is 290 g/mol. The first-order valence-corrected chi connectivity index (χ1v) is 5.64. The van der Waals surface area contributed by atoms with Gasteiger partial charge < -0.3 is 19.9 Å². The molecule has 0 amide bonds. The standard InChI is InChI=1S/C11H10BrNO4/c12-6-1-2-9-7(3-6)8(11(16)17)4-13(9)5-10(14)15/h1-4,11,16-17H,5H2,(H,14,15). The van der Waals surface area contributed by atoms with Gasteiger partial charge in [0.05, 0.1) is 0 Å². The largest absolute Gasteiger partial charge is 0.480 e. The molecule has 0 saturated heterocycles. The van der Waals surface area contributed by atoms with Gasteiger partial charge in [0, 0.05) is 27.1 Å². The van der Waals surface area contributed by atoms with Crippen LogP contribution in [-0.2, 0) is 11.3 Å². The number of rotatable bonds is 3. The third-order valence-electron chi connectivity index (χ3n) is 2.46. The first-order valence-electron chi connectivity index (χ1n) is 4.85. The Morgan fingerprint density at radius 1 is 1.41 bits per heavy atom. The predicted octanol–water partition coefficient (Wildman–Crippen LogP) is 1.47. The second-order valence-corrected chi connectivity index (χ2v) is 4.56. The summed E-state index contributed by atoms with van der Waals surface area (Å²) in [6.45, 7) is -0.217. The van der Waals surface area contributed by atoms with Crippen molar-refractivity contribution in [3.05, 3.63) is 34.4 Å². The molecule has 3 N–H and O–H groups in total. The van der Waals surface area contributed by atoms with Crippen LogP contribution in [0.4, 0.5) is 0 Å². The van der Waals surface area contributed by atoms with Gasteiger partial charge in [-0.3, -0.25) is 4.79 Å². The summed E-state index contributed by atoms with van der Waals surface area (Å²) in [5, 5.41) is 27.9. The van der Waals surface area contributed by atoms with E-state index < -0.39 is 12.3 Å². The van der Waals surface area contributed by atoms with Crippen molar-refractivity contribution in [3.8, 4) is 0 Å². The lowest BCUT2D eigenvalue weighted by molar-refractivity contribution is -0.137. The maximum atomic E-state index is 10.7. The molecule has 0 radical (unpaired) electrons. The molecule has 1 heterocycles. The zero-order chi connectivity index (χ0) is 12.6. The number of aliphatic hydroxyl groups excluding tert-OH is 1. The van der Waals surface area contributed by atoms with Gasteiger partial charge in [-0.15, -0.1) is 0 Å². The molecule has 0 saturated carbocycles. The zero-order valence-electron chi connectivity index (χ0n) is 8.67. The molecule has 17 heavy (non-hydrogen) atoms. The Morgan fingerprint density at radius 2 is 2.12 bits per heavy atom. The first kappa shape index (κ1) is 12.1. The highest BCUT2D eigenvalue weighted by atomic mass is 79.9. The fourth-order valence-corrected chi connectivity index (χ4v) is 2.14. The van der Waals surface area contributed by atoms with Crippen LogP contribution in [0, 0.1) is 0 Å². The zero-order valence-corrected chi connectivity index (χ0v) is 10.3. The number of nitrogens with zero attached hydrogens (tertiary/aromatic N) is 1. The number of carboxylic acids is 1. The van der Waals surface area contributed by atoms with E-state index in [0.717, 1.165) is 4.47 Å². The molecular formula is C11H10BrNO4. The van der Waals surface area contributed by atoms with E-state index >= 15 is 0 Å². The van der Waals surface area contributed by atoms with E-state index in [4.69, 9.17) is 5.11 Å². The topological polar surface area (TPSA) is 82.7 Å². The summed E-state index contributed by atoms with van der Waals surface area (Å²) in [6, 6.07) is 5.23.